The molecule has 0 radical (unpaired) electrons. The molecule has 1 amide bonds. The third kappa shape index (κ3) is 44.1. The van der Waals surface area contributed by atoms with E-state index in [0.29, 0.717) is 12.8 Å². The largest absolute Gasteiger partial charge is 0.454 e. The third-order valence-electron chi connectivity index (χ3n) is 14.0. The minimum atomic E-state index is -1.64. The van der Waals surface area contributed by atoms with E-state index in [4.69, 9.17) is 14.2 Å². The van der Waals surface area contributed by atoms with E-state index in [1.807, 2.05) is 18.2 Å². The average Bonchev–Trinajstić information content (AvgIpc) is 3.52. The normalized spacial score (nSPS) is 19.6. The Balaban J connectivity index is 2.67. The van der Waals surface area contributed by atoms with Crippen molar-refractivity contribution in [2.24, 2.45) is 0 Å². The first-order chi connectivity index (χ1) is 39.7. The Bertz CT molecular complexity index is 1830. The van der Waals surface area contributed by atoms with Crippen molar-refractivity contribution in [2.45, 2.75) is 282 Å². The number of hydrogen-bond donors (Lipinski definition) is 6. The zero-order valence-corrected chi connectivity index (χ0v) is 50.8. The Morgan fingerprint density at radius 1 is 0.494 bits per heavy atom. The first-order valence-electron chi connectivity index (χ1n) is 32.0. The van der Waals surface area contributed by atoms with Gasteiger partial charge in [-0.2, -0.15) is 0 Å². The van der Waals surface area contributed by atoms with Crippen molar-refractivity contribution in [1.29, 1.82) is 0 Å². The maximum atomic E-state index is 13.4. The van der Waals surface area contributed by atoms with Gasteiger partial charge in [0.25, 0.3) is 0 Å². The molecule has 1 rings (SSSR count). The lowest BCUT2D eigenvalue weighted by Crippen LogP contribution is -2.61. The van der Waals surface area contributed by atoms with Crippen LogP contribution in [0.25, 0.3) is 0 Å². The van der Waals surface area contributed by atoms with E-state index in [9.17, 15) is 35.1 Å². The lowest BCUT2D eigenvalue weighted by Gasteiger charge is -2.41. The lowest BCUT2D eigenvalue weighted by atomic mass is 9.99. The molecule has 1 aliphatic rings. The molecule has 1 fully saturated rings. The fourth-order valence-corrected chi connectivity index (χ4v) is 9.00. The molecule has 1 aliphatic heterocycles. The van der Waals surface area contributed by atoms with Gasteiger partial charge in [0, 0.05) is 6.42 Å². The molecular weight excluding hydrogens is 1010 g/mol. The Morgan fingerprint density at radius 3 is 1.36 bits per heavy atom. The second kappa shape index (κ2) is 56.3. The van der Waals surface area contributed by atoms with Crippen LogP contribution >= 0.6 is 0 Å². The number of allylic oxidation sites excluding steroid dienone is 21. The van der Waals surface area contributed by atoms with Crippen molar-refractivity contribution >= 4 is 11.9 Å². The van der Waals surface area contributed by atoms with E-state index >= 15 is 0 Å². The Morgan fingerprint density at radius 2 is 0.889 bits per heavy atom. The molecule has 8 atom stereocenters. The number of aliphatic hydroxyl groups excluding tert-OH is 5. The zero-order valence-electron chi connectivity index (χ0n) is 50.8. The summed E-state index contributed by atoms with van der Waals surface area (Å²) in [5.74, 6) is -1.28. The number of esters is 1. The second-order valence-corrected chi connectivity index (χ2v) is 21.4. The van der Waals surface area contributed by atoms with Crippen LogP contribution in [0.2, 0.25) is 0 Å². The minimum Gasteiger partial charge on any atom is -0.454 e. The number of aliphatic hydroxyl groups is 5. The van der Waals surface area contributed by atoms with E-state index in [1.54, 1.807) is 6.08 Å². The number of nitrogens with one attached hydrogen (secondary N) is 1. The standard InChI is InChI=1S/C70H115NO10/c1-4-7-10-13-16-19-22-24-26-28-29-30-31-32-33-34-35-36-38-40-43-46-49-52-55-58-65(75)81-68-67(77)66(76)64(59-72)80-70(68)79-60-61(62(73)56-53-50-47-44-41-21-18-15-12-9-6-3)71-69(78)63(74)57-54-51-48-45-42-39-37-27-25-23-20-17-14-11-8-5-2/h7,10,16-17,19-20,24-27,29-30,32-33,35-36,39,42,48,51,53,56,61-64,66-68,70,72-74,76-77H,4-6,8-9,11-15,18,21-23,28,31,34,37-38,40-41,43-47,49-50,52,54-55,57-60H2,1-3H3,(H,71,78)/b10-7-,19-16-,20-17-,26-24-,27-25-,30-29-,33-32-,36-35-,42-39-,51-48-,56-53+. The van der Waals surface area contributed by atoms with E-state index in [1.165, 1.54) is 57.8 Å². The number of carbonyl (C=O) groups excluding carboxylic acids is 2. The fraction of sp³-hybridized carbons (Fsp3) is 0.657. The van der Waals surface area contributed by atoms with Crippen LogP contribution in [0, 0.1) is 0 Å². The topological polar surface area (TPSA) is 175 Å². The van der Waals surface area contributed by atoms with Crippen LogP contribution in [0.5, 0.6) is 0 Å². The van der Waals surface area contributed by atoms with Crippen LogP contribution in [0.3, 0.4) is 0 Å². The summed E-state index contributed by atoms with van der Waals surface area (Å²) >= 11 is 0. The second-order valence-electron chi connectivity index (χ2n) is 21.4. The third-order valence-corrected chi connectivity index (χ3v) is 14.0. The smallest absolute Gasteiger partial charge is 0.306 e. The van der Waals surface area contributed by atoms with Gasteiger partial charge in [0.05, 0.1) is 25.4 Å². The predicted molar refractivity (Wildman–Crippen MR) is 337 cm³/mol. The van der Waals surface area contributed by atoms with Crippen LogP contribution in [-0.4, -0.2) is 99.6 Å². The number of carbonyl (C=O) groups is 2. The van der Waals surface area contributed by atoms with Crippen LogP contribution in [0.15, 0.2) is 134 Å². The van der Waals surface area contributed by atoms with Crippen molar-refractivity contribution < 1.29 is 49.3 Å². The van der Waals surface area contributed by atoms with E-state index in [-0.39, 0.29) is 19.4 Å². The summed E-state index contributed by atoms with van der Waals surface area (Å²) in [6.07, 6.45) is 69.2. The molecule has 0 bridgehead atoms. The molecular formula is C70H115NO10. The van der Waals surface area contributed by atoms with Gasteiger partial charge in [-0.1, -0.05) is 244 Å². The Labute approximate surface area is 493 Å². The number of unbranched alkanes of at least 4 members (excludes halogenated alkanes) is 18. The van der Waals surface area contributed by atoms with Gasteiger partial charge in [-0.3, -0.25) is 9.59 Å². The molecule has 0 aromatic heterocycles. The number of hydrogen-bond acceptors (Lipinski definition) is 10. The van der Waals surface area contributed by atoms with Crippen molar-refractivity contribution in [3.63, 3.8) is 0 Å². The van der Waals surface area contributed by atoms with Gasteiger partial charge in [0.1, 0.15) is 24.4 Å². The average molecular weight is 1130 g/mol. The van der Waals surface area contributed by atoms with E-state index in [2.05, 4.69) is 135 Å². The SMILES string of the molecule is CC/C=C\C/C=C\C/C=C\C/C=C\C/C=C\C/C=C\CCCCCCCCC(=O)OC1C(OCC(NC(=O)C(O)CC/C=C\C/C=C\C/C=C\C/C=C\CCCCC)C(O)/C=C/CCCCCCCCCCC)OC(CO)C(O)C1O. The lowest BCUT2D eigenvalue weighted by molar-refractivity contribution is -0.305. The van der Waals surface area contributed by atoms with E-state index in [0.717, 1.165) is 128 Å². The van der Waals surface area contributed by atoms with Crippen LogP contribution < -0.4 is 5.32 Å². The fourth-order valence-electron chi connectivity index (χ4n) is 9.00. The maximum Gasteiger partial charge on any atom is 0.306 e. The Kier molecular flexibility index (Phi) is 52.0. The molecule has 0 saturated carbocycles. The van der Waals surface area contributed by atoms with Gasteiger partial charge in [-0.05, 0) is 116 Å². The zero-order chi connectivity index (χ0) is 58.9. The summed E-state index contributed by atoms with van der Waals surface area (Å²) < 4.78 is 17.6. The Hall–Kier alpha value is -4.20. The molecule has 460 valence electrons. The predicted octanol–water partition coefficient (Wildman–Crippen LogP) is 15.6. The molecule has 0 aliphatic carbocycles. The molecule has 1 saturated heterocycles. The van der Waals surface area contributed by atoms with Gasteiger partial charge in [0.15, 0.2) is 12.4 Å². The highest BCUT2D eigenvalue weighted by Gasteiger charge is 2.47. The quantitative estimate of drug-likeness (QED) is 0.0195. The number of amides is 1. The van der Waals surface area contributed by atoms with Crippen LogP contribution in [-0.2, 0) is 23.8 Å². The molecule has 11 heteroatoms. The van der Waals surface area contributed by atoms with E-state index < -0.39 is 67.4 Å². The number of rotatable bonds is 52. The first-order valence-corrected chi connectivity index (χ1v) is 32.0. The molecule has 1 heterocycles. The highest BCUT2D eigenvalue weighted by atomic mass is 16.7. The molecule has 0 aromatic rings. The van der Waals surface area contributed by atoms with Crippen molar-refractivity contribution in [1.82, 2.24) is 5.32 Å². The molecule has 11 nitrogen and oxygen atoms in total. The summed E-state index contributed by atoms with van der Waals surface area (Å²) in [5.41, 5.74) is 0. The van der Waals surface area contributed by atoms with Gasteiger partial charge in [0.2, 0.25) is 5.91 Å². The highest BCUT2D eigenvalue weighted by Crippen LogP contribution is 2.26. The van der Waals surface area contributed by atoms with Gasteiger partial charge in [-0.15, -0.1) is 0 Å². The molecule has 0 aromatic carbocycles. The molecule has 0 spiro atoms. The highest BCUT2D eigenvalue weighted by molar-refractivity contribution is 5.80. The number of ether oxygens (including phenoxy) is 3. The summed E-state index contributed by atoms with van der Waals surface area (Å²) in [5, 5.41) is 56.9. The summed E-state index contributed by atoms with van der Waals surface area (Å²) in [6, 6.07) is -1.06. The summed E-state index contributed by atoms with van der Waals surface area (Å²) in [6.45, 7) is 5.58. The van der Waals surface area contributed by atoms with Crippen molar-refractivity contribution in [2.75, 3.05) is 13.2 Å². The van der Waals surface area contributed by atoms with Crippen LogP contribution in [0.4, 0.5) is 0 Å². The van der Waals surface area contributed by atoms with Crippen molar-refractivity contribution in [3.8, 4) is 0 Å². The summed E-state index contributed by atoms with van der Waals surface area (Å²) in [7, 11) is 0. The van der Waals surface area contributed by atoms with Crippen molar-refractivity contribution in [3.05, 3.63) is 134 Å². The van der Waals surface area contributed by atoms with Gasteiger partial charge >= 0.3 is 5.97 Å². The monoisotopic (exact) mass is 1130 g/mol. The maximum absolute atomic E-state index is 13.4. The van der Waals surface area contributed by atoms with Gasteiger partial charge < -0.3 is 45.1 Å². The molecule has 6 N–H and O–H groups in total. The van der Waals surface area contributed by atoms with Gasteiger partial charge in [-0.25, -0.2) is 0 Å². The molecule has 81 heavy (non-hydrogen) atoms. The minimum absolute atomic E-state index is 0.0914. The molecule has 8 unspecified atom stereocenters. The first kappa shape index (κ1) is 74.8. The van der Waals surface area contributed by atoms with Crippen LogP contribution in [0.1, 0.15) is 233 Å². The summed E-state index contributed by atoms with van der Waals surface area (Å²) in [4.78, 5) is 26.5.